The first-order valence-corrected chi connectivity index (χ1v) is 25.2. The zero-order valence-corrected chi connectivity index (χ0v) is 43.1. The van der Waals surface area contributed by atoms with Gasteiger partial charge in [-0.25, -0.2) is 9.97 Å². The molecule has 0 bridgehead atoms. The van der Waals surface area contributed by atoms with Crippen molar-refractivity contribution in [1.29, 1.82) is 0 Å². The molecule has 70 heavy (non-hydrogen) atoms. The Morgan fingerprint density at radius 1 is 0.586 bits per heavy atom. The molecule has 11 rings (SSSR count). The Bertz CT molecular complexity index is 3860. The number of furan rings is 1. The quantitative estimate of drug-likeness (QED) is 0.179. The standard InChI is InChI=1S/C62H60N4O3S/c1-59(2,3)34-52-64-46-30-36(18-23-49(46)68-52)37-26-27-63-45(29-37)38-19-25-51-42(28-38)53-54-50(69-58(53)70-51)24-22-48-55(54)65-57(43-32-40(61(7,8)9)33-44(56(43)67)62(10,11)12)66(48)47-21-20-39(60(4,5)6)31-41(47)35-16-14-13-15-17-35/h13-33,67H,34H2,1-12H3. The van der Waals surface area contributed by atoms with Crippen molar-refractivity contribution in [3.63, 3.8) is 0 Å². The van der Waals surface area contributed by atoms with E-state index in [4.69, 9.17) is 23.8 Å². The minimum Gasteiger partial charge on any atom is -0.507 e. The van der Waals surface area contributed by atoms with Crippen molar-refractivity contribution < 1.29 is 13.9 Å². The van der Waals surface area contributed by atoms with Crippen LogP contribution in [0.1, 0.15) is 106 Å². The maximum atomic E-state index is 12.6. The van der Waals surface area contributed by atoms with Crippen LogP contribution in [0.3, 0.4) is 0 Å². The van der Waals surface area contributed by atoms with Gasteiger partial charge in [0.1, 0.15) is 28.2 Å². The summed E-state index contributed by atoms with van der Waals surface area (Å²) in [5, 5.41) is 15.6. The van der Waals surface area contributed by atoms with E-state index < -0.39 is 0 Å². The summed E-state index contributed by atoms with van der Waals surface area (Å²) in [5.41, 5.74) is 14.7. The zero-order valence-electron chi connectivity index (χ0n) is 42.3. The monoisotopic (exact) mass is 940 g/mol. The molecular formula is C62H60N4O3S. The second-order valence-corrected chi connectivity index (χ2v) is 24.4. The predicted octanol–water partition coefficient (Wildman–Crippen LogP) is 17.5. The van der Waals surface area contributed by atoms with Gasteiger partial charge in [-0.3, -0.25) is 9.55 Å². The average Bonchev–Trinajstić information content (AvgIpc) is 4.07. The van der Waals surface area contributed by atoms with Gasteiger partial charge in [-0.15, -0.1) is 0 Å². The molecule has 7 nitrogen and oxygen atoms in total. The van der Waals surface area contributed by atoms with Crippen LogP contribution in [0, 0.1) is 5.41 Å². The average molecular weight is 941 g/mol. The Labute approximate surface area is 413 Å². The van der Waals surface area contributed by atoms with Crippen LogP contribution in [0.25, 0.3) is 104 Å². The molecule has 0 aliphatic heterocycles. The first kappa shape index (κ1) is 45.4. The molecule has 0 spiro atoms. The lowest BCUT2D eigenvalue weighted by atomic mass is 9.79. The fourth-order valence-electron chi connectivity index (χ4n) is 9.83. The minimum absolute atomic E-state index is 0.0722. The Hall–Kier alpha value is -7.03. The fraction of sp³-hybridized carbons (Fsp3) is 0.274. The van der Waals surface area contributed by atoms with Gasteiger partial charge < -0.3 is 13.9 Å². The van der Waals surface area contributed by atoms with Gasteiger partial charge in [0.15, 0.2) is 16.4 Å². The third-order valence-electron chi connectivity index (χ3n) is 13.6. The number of aromatic nitrogens is 4. The van der Waals surface area contributed by atoms with Crippen LogP contribution >= 0.6 is 11.3 Å². The lowest BCUT2D eigenvalue weighted by molar-refractivity contribution is 0.362. The Morgan fingerprint density at radius 3 is 2.03 bits per heavy atom. The summed E-state index contributed by atoms with van der Waals surface area (Å²) < 4.78 is 16.3. The topological polar surface area (TPSA) is 90.1 Å². The minimum atomic E-state index is -0.341. The summed E-state index contributed by atoms with van der Waals surface area (Å²) in [5.74, 6) is 1.67. The summed E-state index contributed by atoms with van der Waals surface area (Å²) in [6.45, 7) is 26.5. The highest BCUT2D eigenvalue weighted by atomic mass is 32.1. The van der Waals surface area contributed by atoms with E-state index in [0.717, 1.165) is 116 Å². The summed E-state index contributed by atoms with van der Waals surface area (Å²) >= 11 is 1.65. The second-order valence-electron chi connectivity index (χ2n) is 23.4. The number of imidazole rings is 1. The molecule has 0 radical (unpaired) electrons. The number of pyridine rings is 1. The van der Waals surface area contributed by atoms with Crippen molar-refractivity contribution >= 4 is 64.8 Å². The molecule has 5 heterocycles. The van der Waals surface area contributed by atoms with Crippen LogP contribution in [-0.2, 0) is 22.7 Å². The lowest BCUT2D eigenvalue weighted by Gasteiger charge is -2.28. The van der Waals surface area contributed by atoms with E-state index in [1.807, 2.05) is 12.3 Å². The Balaban J connectivity index is 1.15. The van der Waals surface area contributed by atoms with E-state index in [2.05, 4.69) is 203 Å². The van der Waals surface area contributed by atoms with Gasteiger partial charge in [-0.05, 0) is 116 Å². The second kappa shape index (κ2) is 16.0. The van der Waals surface area contributed by atoms with E-state index in [1.54, 1.807) is 11.3 Å². The van der Waals surface area contributed by atoms with Crippen molar-refractivity contribution in [2.45, 2.75) is 106 Å². The molecule has 6 aromatic carbocycles. The highest BCUT2D eigenvalue weighted by Gasteiger charge is 2.31. The van der Waals surface area contributed by atoms with Crippen LogP contribution < -0.4 is 0 Å². The normalized spacial score (nSPS) is 13.0. The van der Waals surface area contributed by atoms with Crippen molar-refractivity contribution in [2.24, 2.45) is 5.41 Å². The van der Waals surface area contributed by atoms with Gasteiger partial charge in [0.25, 0.3) is 0 Å². The molecule has 352 valence electrons. The number of oxazole rings is 1. The van der Waals surface area contributed by atoms with Gasteiger partial charge in [-0.1, -0.05) is 149 Å². The summed E-state index contributed by atoms with van der Waals surface area (Å²) in [4.78, 5) is 16.3. The maximum absolute atomic E-state index is 12.6. The third kappa shape index (κ3) is 7.96. The lowest BCUT2D eigenvalue weighted by Crippen LogP contribution is -2.17. The summed E-state index contributed by atoms with van der Waals surface area (Å²) in [6, 6.07) is 43.0. The summed E-state index contributed by atoms with van der Waals surface area (Å²) in [7, 11) is 0. The van der Waals surface area contributed by atoms with E-state index >= 15 is 0 Å². The molecule has 0 amide bonds. The van der Waals surface area contributed by atoms with Gasteiger partial charge in [-0.2, -0.15) is 0 Å². The Morgan fingerprint density at radius 2 is 1.30 bits per heavy atom. The maximum Gasteiger partial charge on any atom is 0.195 e. The molecule has 0 saturated heterocycles. The first-order valence-electron chi connectivity index (χ1n) is 24.3. The molecule has 0 unspecified atom stereocenters. The molecular weight excluding hydrogens is 881 g/mol. The summed E-state index contributed by atoms with van der Waals surface area (Å²) in [6.07, 6.45) is 2.65. The number of hydrogen-bond acceptors (Lipinski definition) is 7. The number of aromatic hydroxyl groups is 1. The highest BCUT2D eigenvalue weighted by molar-refractivity contribution is 7.25. The van der Waals surface area contributed by atoms with Gasteiger partial charge in [0, 0.05) is 44.8 Å². The molecule has 0 fully saturated rings. The molecule has 5 aromatic heterocycles. The molecule has 0 saturated carbocycles. The zero-order chi connectivity index (χ0) is 49.2. The third-order valence-corrected chi connectivity index (χ3v) is 14.7. The van der Waals surface area contributed by atoms with E-state index in [-0.39, 0.29) is 27.4 Å². The van der Waals surface area contributed by atoms with E-state index in [0.29, 0.717) is 11.4 Å². The molecule has 0 atom stereocenters. The van der Waals surface area contributed by atoms with E-state index in [9.17, 15) is 5.11 Å². The number of phenols is 1. The van der Waals surface area contributed by atoms with Crippen LogP contribution in [-0.4, -0.2) is 24.6 Å². The number of nitrogens with zero attached hydrogens (tertiary/aromatic N) is 4. The first-order chi connectivity index (χ1) is 33.1. The van der Waals surface area contributed by atoms with Crippen LogP contribution in [0.15, 0.2) is 136 Å². The van der Waals surface area contributed by atoms with Gasteiger partial charge in [0.2, 0.25) is 0 Å². The molecule has 1 N–H and O–H groups in total. The van der Waals surface area contributed by atoms with Crippen LogP contribution in [0.4, 0.5) is 0 Å². The number of rotatable bonds is 6. The smallest absolute Gasteiger partial charge is 0.195 e. The number of phenolic OH excluding ortho intramolecular Hbond substituents is 1. The molecule has 8 heteroatoms. The predicted molar refractivity (Wildman–Crippen MR) is 292 cm³/mol. The van der Waals surface area contributed by atoms with Crippen molar-refractivity contribution in [2.75, 3.05) is 0 Å². The number of fused-ring (bicyclic) bond motifs is 8. The number of benzene rings is 6. The SMILES string of the molecule is CC(C)(C)Cc1nc2cc(-c3ccnc(-c4ccc5sc6oc7ccc8c(nc(-c9cc(C(C)(C)C)cc(C(C)(C)C)c9O)n8-c8ccc(C(C)(C)C)cc8-c8ccccc8)c7c6c5c4)c3)ccc2o1. The van der Waals surface area contributed by atoms with Gasteiger partial charge >= 0.3 is 0 Å². The van der Waals surface area contributed by atoms with Crippen LogP contribution in [0.5, 0.6) is 5.75 Å². The van der Waals surface area contributed by atoms with Crippen molar-refractivity contribution in [1.82, 2.24) is 19.5 Å². The Kier molecular flexibility index (Phi) is 10.4. The highest BCUT2D eigenvalue weighted by Crippen LogP contribution is 2.49. The molecule has 0 aliphatic rings. The number of thiophene rings is 1. The van der Waals surface area contributed by atoms with Crippen molar-refractivity contribution in [3.8, 4) is 56.3 Å². The molecule has 0 aliphatic carbocycles. The van der Waals surface area contributed by atoms with Crippen LogP contribution in [0.2, 0.25) is 0 Å². The number of hydrogen-bond donors (Lipinski definition) is 1. The van der Waals surface area contributed by atoms with Crippen molar-refractivity contribution in [3.05, 3.63) is 150 Å². The largest absolute Gasteiger partial charge is 0.507 e. The van der Waals surface area contributed by atoms with Gasteiger partial charge in [0.05, 0.1) is 27.8 Å². The molecule has 11 aromatic rings. The van der Waals surface area contributed by atoms with E-state index in [1.165, 1.54) is 5.56 Å². The fourth-order valence-corrected chi connectivity index (χ4v) is 10.9.